The molecule has 1 heterocycles. The Morgan fingerprint density at radius 1 is 1.38 bits per heavy atom. The Hall–Kier alpha value is -2.08. The first-order valence-electron chi connectivity index (χ1n) is 7.09. The molecule has 1 aromatic carbocycles. The largest absolute Gasteiger partial charge is 0.336 e. The summed E-state index contributed by atoms with van der Waals surface area (Å²) in [7, 11) is 0. The van der Waals surface area contributed by atoms with Crippen molar-refractivity contribution in [1.82, 2.24) is 5.32 Å². The molecule has 1 aliphatic rings. The normalized spacial score (nSPS) is 15.0. The van der Waals surface area contributed by atoms with Crippen molar-refractivity contribution in [1.29, 1.82) is 0 Å². The predicted molar refractivity (Wildman–Crippen MR) is 83.3 cm³/mol. The standard InChI is InChI=1S/C15H22N4O2/c1-15(2,16)8-7-13(20)18-11-3-5-12(6-4-11)19-10-9-17-14(19)21/h3-6H,7-10,16H2,1-2H3,(H,17,21)(H,18,20). The van der Waals surface area contributed by atoms with E-state index in [0.29, 0.717) is 25.9 Å². The van der Waals surface area contributed by atoms with E-state index in [1.165, 1.54) is 0 Å². The third-order valence-corrected chi connectivity index (χ3v) is 3.32. The van der Waals surface area contributed by atoms with Gasteiger partial charge in [0.25, 0.3) is 0 Å². The van der Waals surface area contributed by atoms with Gasteiger partial charge in [-0.25, -0.2) is 4.79 Å². The summed E-state index contributed by atoms with van der Waals surface area (Å²) in [5.41, 5.74) is 7.06. The average molecular weight is 290 g/mol. The van der Waals surface area contributed by atoms with Gasteiger partial charge in [0.2, 0.25) is 5.91 Å². The third kappa shape index (κ3) is 4.46. The highest BCUT2D eigenvalue weighted by atomic mass is 16.2. The van der Waals surface area contributed by atoms with Crippen LogP contribution in [0.5, 0.6) is 0 Å². The molecule has 0 aliphatic carbocycles. The lowest BCUT2D eigenvalue weighted by Gasteiger charge is -2.18. The number of carbonyl (C=O) groups excluding carboxylic acids is 2. The number of benzene rings is 1. The molecule has 1 saturated heterocycles. The lowest BCUT2D eigenvalue weighted by atomic mass is 10.00. The van der Waals surface area contributed by atoms with Crippen LogP contribution in [0.1, 0.15) is 26.7 Å². The molecule has 1 fully saturated rings. The lowest BCUT2D eigenvalue weighted by Crippen LogP contribution is -2.33. The molecule has 3 amide bonds. The molecule has 1 aromatic rings. The van der Waals surface area contributed by atoms with Gasteiger partial charge in [-0.1, -0.05) is 0 Å². The van der Waals surface area contributed by atoms with Gasteiger partial charge in [-0.05, 0) is 44.5 Å². The lowest BCUT2D eigenvalue weighted by molar-refractivity contribution is -0.116. The van der Waals surface area contributed by atoms with Crippen LogP contribution in [-0.2, 0) is 4.79 Å². The zero-order valence-corrected chi connectivity index (χ0v) is 12.5. The Bertz CT molecular complexity index is 519. The van der Waals surface area contributed by atoms with Crippen molar-refractivity contribution >= 4 is 23.3 Å². The number of hydrogen-bond donors (Lipinski definition) is 3. The number of urea groups is 1. The maximum atomic E-state index is 11.8. The van der Waals surface area contributed by atoms with Gasteiger partial charge in [0, 0.05) is 36.4 Å². The van der Waals surface area contributed by atoms with Crippen LogP contribution in [0.3, 0.4) is 0 Å². The van der Waals surface area contributed by atoms with Gasteiger partial charge in [0.05, 0.1) is 0 Å². The van der Waals surface area contributed by atoms with Gasteiger partial charge in [0.1, 0.15) is 0 Å². The second-order valence-corrected chi connectivity index (χ2v) is 5.97. The number of anilines is 2. The molecule has 0 radical (unpaired) electrons. The summed E-state index contributed by atoms with van der Waals surface area (Å²) < 4.78 is 0. The highest BCUT2D eigenvalue weighted by Gasteiger charge is 2.20. The molecular formula is C15H22N4O2. The number of nitrogens with zero attached hydrogens (tertiary/aromatic N) is 1. The number of nitrogens with one attached hydrogen (secondary N) is 2. The van der Waals surface area contributed by atoms with Gasteiger partial charge < -0.3 is 16.4 Å². The molecule has 2 rings (SSSR count). The Kier molecular flexibility index (Phi) is 4.47. The topological polar surface area (TPSA) is 87.5 Å². The highest BCUT2D eigenvalue weighted by molar-refractivity contribution is 5.95. The highest BCUT2D eigenvalue weighted by Crippen LogP contribution is 2.20. The van der Waals surface area contributed by atoms with E-state index >= 15 is 0 Å². The van der Waals surface area contributed by atoms with E-state index in [2.05, 4.69) is 10.6 Å². The molecule has 114 valence electrons. The van der Waals surface area contributed by atoms with Crippen LogP contribution >= 0.6 is 0 Å². The van der Waals surface area contributed by atoms with Crippen molar-refractivity contribution in [3.8, 4) is 0 Å². The predicted octanol–water partition coefficient (Wildman–Crippen LogP) is 1.67. The first-order chi connectivity index (χ1) is 9.85. The van der Waals surface area contributed by atoms with Crippen LogP contribution in [0.25, 0.3) is 0 Å². The Morgan fingerprint density at radius 3 is 2.57 bits per heavy atom. The first kappa shape index (κ1) is 15.3. The minimum absolute atomic E-state index is 0.0554. The van der Waals surface area contributed by atoms with Crippen molar-refractivity contribution in [3.63, 3.8) is 0 Å². The van der Waals surface area contributed by atoms with Gasteiger partial charge in [0.15, 0.2) is 0 Å². The van der Waals surface area contributed by atoms with Gasteiger partial charge in [-0.15, -0.1) is 0 Å². The molecular weight excluding hydrogens is 268 g/mol. The molecule has 0 unspecified atom stereocenters. The average Bonchev–Trinajstić information content (AvgIpc) is 2.83. The fourth-order valence-electron chi connectivity index (χ4n) is 2.10. The molecule has 0 bridgehead atoms. The molecule has 21 heavy (non-hydrogen) atoms. The molecule has 0 atom stereocenters. The number of rotatable bonds is 5. The fraction of sp³-hybridized carbons (Fsp3) is 0.467. The molecule has 0 spiro atoms. The molecule has 0 aromatic heterocycles. The van der Waals surface area contributed by atoms with Crippen LogP contribution in [-0.4, -0.2) is 30.6 Å². The van der Waals surface area contributed by atoms with Gasteiger partial charge in [-0.3, -0.25) is 9.69 Å². The Labute approximate surface area is 124 Å². The summed E-state index contributed by atoms with van der Waals surface area (Å²) in [6.07, 6.45) is 1.02. The van der Waals surface area contributed by atoms with Crippen molar-refractivity contribution in [3.05, 3.63) is 24.3 Å². The zero-order chi connectivity index (χ0) is 15.5. The second-order valence-electron chi connectivity index (χ2n) is 5.97. The summed E-state index contributed by atoms with van der Waals surface area (Å²) in [4.78, 5) is 25.0. The fourth-order valence-corrected chi connectivity index (χ4v) is 2.10. The summed E-state index contributed by atoms with van der Waals surface area (Å²) >= 11 is 0. The van der Waals surface area contributed by atoms with E-state index in [-0.39, 0.29) is 17.5 Å². The SMILES string of the molecule is CC(C)(N)CCC(=O)Nc1ccc(N2CCNC2=O)cc1. The van der Waals surface area contributed by atoms with E-state index in [1.807, 2.05) is 26.0 Å². The van der Waals surface area contributed by atoms with Gasteiger partial charge >= 0.3 is 6.03 Å². The molecule has 1 aliphatic heterocycles. The van der Waals surface area contributed by atoms with E-state index in [4.69, 9.17) is 5.73 Å². The van der Waals surface area contributed by atoms with Crippen molar-refractivity contribution in [2.24, 2.45) is 5.73 Å². The van der Waals surface area contributed by atoms with Crippen molar-refractivity contribution < 1.29 is 9.59 Å². The van der Waals surface area contributed by atoms with E-state index in [1.54, 1.807) is 17.0 Å². The smallest absolute Gasteiger partial charge is 0.321 e. The zero-order valence-electron chi connectivity index (χ0n) is 12.5. The molecule has 6 heteroatoms. The van der Waals surface area contributed by atoms with Gasteiger partial charge in [-0.2, -0.15) is 0 Å². The van der Waals surface area contributed by atoms with E-state index in [9.17, 15) is 9.59 Å². The van der Waals surface area contributed by atoms with E-state index in [0.717, 1.165) is 11.4 Å². The number of amides is 3. The monoisotopic (exact) mass is 290 g/mol. The van der Waals surface area contributed by atoms with Crippen molar-refractivity contribution in [2.75, 3.05) is 23.3 Å². The minimum atomic E-state index is -0.343. The van der Waals surface area contributed by atoms with Crippen molar-refractivity contribution in [2.45, 2.75) is 32.2 Å². The second kappa shape index (κ2) is 6.13. The summed E-state index contributed by atoms with van der Waals surface area (Å²) in [5, 5.41) is 5.58. The molecule has 6 nitrogen and oxygen atoms in total. The van der Waals surface area contributed by atoms with Crippen LogP contribution in [0.15, 0.2) is 24.3 Å². The quantitative estimate of drug-likeness (QED) is 0.771. The van der Waals surface area contributed by atoms with Crippen LogP contribution in [0, 0.1) is 0 Å². The Balaban J connectivity index is 1.90. The van der Waals surface area contributed by atoms with Crippen LogP contribution < -0.4 is 21.3 Å². The maximum absolute atomic E-state index is 11.8. The minimum Gasteiger partial charge on any atom is -0.336 e. The number of carbonyl (C=O) groups is 2. The van der Waals surface area contributed by atoms with E-state index < -0.39 is 0 Å². The summed E-state index contributed by atoms with van der Waals surface area (Å²) in [5.74, 6) is -0.0554. The van der Waals surface area contributed by atoms with Crippen LogP contribution in [0.2, 0.25) is 0 Å². The third-order valence-electron chi connectivity index (χ3n) is 3.32. The molecule has 0 saturated carbocycles. The number of nitrogens with two attached hydrogens (primary N) is 1. The number of hydrogen-bond acceptors (Lipinski definition) is 3. The summed E-state index contributed by atoms with van der Waals surface area (Å²) in [6, 6.07) is 7.16. The maximum Gasteiger partial charge on any atom is 0.321 e. The first-order valence-corrected chi connectivity index (χ1v) is 7.09. The summed E-state index contributed by atoms with van der Waals surface area (Å²) in [6.45, 7) is 5.12. The van der Waals surface area contributed by atoms with Crippen LogP contribution in [0.4, 0.5) is 16.2 Å². The molecule has 4 N–H and O–H groups in total. The Morgan fingerprint density at radius 2 is 2.05 bits per heavy atom.